The molecule has 3 aliphatic rings. The van der Waals surface area contributed by atoms with Gasteiger partial charge >= 0.3 is 5.97 Å². The van der Waals surface area contributed by atoms with E-state index in [2.05, 4.69) is 5.32 Å². The van der Waals surface area contributed by atoms with Crippen molar-refractivity contribution in [2.45, 2.75) is 46.1 Å². The van der Waals surface area contributed by atoms with Crippen molar-refractivity contribution < 1.29 is 23.9 Å². The largest absolute Gasteiger partial charge is 0.454 e. The normalized spacial score (nSPS) is 28.1. The maximum Gasteiger partial charge on any atom is 0.330 e. The number of carbonyl (C=O) groups excluding carboxylic acids is 4. The van der Waals surface area contributed by atoms with Crippen molar-refractivity contribution in [1.82, 2.24) is 4.90 Å². The molecular formula is C23H28N2O5. The summed E-state index contributed by atoms with van der Waals surface area (Å²) in [4.78, 5) is 52.4. The van der Waals surface area contributed by atoms with Crippen molar-refractivity contribution in [3.63, 3.8) is 0 Å². The third kappa shape index (κ3) is 3.40. The average Bonchev–Trinajstić information content (AvgIpc) is 3.38. The zero-order valence-corrected chi connectivity index (χ0v) is 17.6. The number of rotatable bonds is 6. The molecule has 0 unspecified atom stereocenters. The molecule has 3 fully saturated rings. The first-order valence-corrected chi connectivity index (χ1v) is 10.7. The monoisotopic (exact) mass is 412 g/mol. The van der Waals surface area contributed by atoms with Crippen LogP contribution in [0.3, 0.4) is 0 Å². The minimum atomic E-state index is -0.999. The SMILES string of the molecule is Cc1ccccc1NC(=O)COC(=O)[C@@H](C(C)C)N1C(=O)[C@@H]2[C@H]3CC[C@@H](C3)[C@@H]2C1=O. The van der Waals surface area contributed by atoms with Crippen LogP contribution in [0.5, 0.6) is 0 Å². The molecule has 4 rings (SSSR count). The van der Waals surface area contributed by atoms with E-state index in [4.69, 9.17) is 4.74 Å². The molecule has 2 saturated carbocycles. The summed E-state index contributed by atoms with van der Waals surface area (Å²) in [6.07, 6.45) is 2.90. The van der Waals surface area contributed by atoms with Gasteiger partial charge in [-0.05, 0) is 55.6 Å². The number of hydrogen-bond acceptors (Lipinski definition) is 5. The number of fused-ring (bicyclic) bond motifs is 5. The van der Waals surface area contributed by atoms with Crippen molar-refractivity contribution in [2.75, 3.05) is 11.9 Å². The molecule has 2 aliphatic carbocycles. The number of ether oxygens (including phenoxy) is 1. The fourth-order valence-corrected chi connectivity index (χ4v) is 5.50. The summed E-state index contributed by atoms with van der Waals surface area (Å²) in [5.41, 5.74) is 1.54. The fraction of sp³-hybridized carbons (Fsp3) is 0.565. The lowest BCUT2D eigenvalue weighted by atomic mass is 9.81. The number of anilines is 1. The first-order valence-electron chi connectivity index (χ1n) is 10.7. The number of esters is 1. The van der Waals surface area contributed by atoms with Crippen molar-refractivity contribution in [3.05, 3.63) is 29.8 Å². The second kappa shape index (κ2) is 7.85. The summed E-state index contributed by atoms with van der Waals surface area (Å²) in [5.74, 6) is -2.01. The molecule has 160 valence electrons. The van der Waals surface area contributed by atoms with E-state index in [-0.39, 0.29) is 41.4 Å². The molecule has 1 saturated heterocycles. The zero-order chi connectivity index (χ0) is 21.6. The highest BCUT2D eigenvalue weighted by atomic mass is 16.5. The molecule has 7 nitrogen and oxygen atoms in total. The lowest BCUT2D eigenvalue weighted by molar-refractivity contribution is -0.162. The summed E-state index contributed by atoms with van der Waals surface area (Å²) in [6.45, 7) is 4.96. The fourth-order valence-electron chi connectivity index (χ4n) is 5.50. The third-order valence-electron chi connectivity index (χ3n) is 6.88. The Morgan fingerprint density at radius 3 is 2.27 bits per heavy atom. The van der Waals surface area contributed by atoms with E-state index >= 15 is 0 Å². The van der Waals surface area contributed by atoms with E-state index in [1.807, 2.05) is 19.1 Å². The van der Waals surface area contributed by atoms with Gasteiger partial charge in [0, 0.05) is 5.69 Å². The number of nitrogens with one attached hydrogen (secondary N) is 1. The summed E-state index contributed by atoms with van der Waals surface area (Å²) >= 11 is 0. The highest BCUT2D eigenvalue weighted by Crippen LogP contribution is 2.56. The van der Waals surface area contributed by atoms with Crippen LogP contribution in [0, 0.1) is 36.5 Å². The van der Waals surface area contributed by atoms with Gasteiger partial charge in [-0.15, -0.1) is 0 Å². The van der Waals surface area contributed by atoms with Gasteiger partial charge in [-0.25, -0.2) is 4.79 Å². The predicted octanol–water partition coefficient (Wildman–Crippen LogP) is 2.53. The highest BCUT2D eigenvalue weighted by molar-refractivity contribution is 6.08. The lowest BCUT2D eigenvalue weighted by Gasteiger charge is -2.28. The molecule has 0 aromatic heterocycles. The van der Waals surface area contributed by atoms with E-state index in [9.17, 15) is 19.2 Å². The van der Waals surface area contributed by atoms with Gasteiger partial charge in [-0.1, -0.05) is 32.0 Å². The summed E-state index contributed by atoms with van der Waals surface area (Å²) in [6, 6.07) is 6.30. The van der Waals surface area contributed by atoms with Crippen molar-refractivity contribution in [3.8, 4) is 0 Å². The molecule has 0 radical (unpaired) electrons. The Hall–Kier alpha value is -2.70. The van der Waals surface area contributed by atoms with Crippen molar-refractivity contribution >= 4 is 29.4 Å². The Labute approximate surface area is 176 Å². The average molecular weight is 412 g/mol. The van der Waals surface area contributed by atoms with Gasteiger partial charge in [0.1, 0.15) is 6.04 Å². The van der Waals surface area contributed by atoms with E-state index < -0.39 is 24.5 Å². The van der Waals surface area contributed by atoms with E-state index in [1.165, 1.54) is 0 Å². The number of amides is 3. The molecule has 3 amide bonds. The number of hydrogen-bond donors (Lipinski definition) is 1. The Morgan fingerprint density at radius 2 is 1.70 bits per heavy atom. The lowest BCUT2D eigenvalue weighted by Crippen LogP contribution is -2.50. The molecule has 1 aliphatic heterocycles. The Kier molecular flexibility index (Phi) is 5.38. The first-order chi connectivity index (χ1) is 14.3. The molecule has 1 N–H and O–H groups in total. The van der Waals surface area contributed by atoms with Crippen LogP contribution < -0.4 is 5.32 Å². The maximum atomic E-state index is 13.1. The number of nitrogens with zero attached hydrogens (tertiary/aromatic N) is 1. The van der Waals surface area contributed by atoms with Crippen LogP contribution >= 0.6 is 0 Å². The first kappa shape index (κ1) is 20.6. The maximum absolute atomic E-state index is 13.1. The minimum absolute atomic E-state index is 0.239. The van der Waals surface area contributed by atoms with Crippen LogP contribution in [-0.2, 0) is 23.9 Å². The molecular weight excluding hydrogens is 384 g/mol. The standard InChI is InChI=1S/C23H28N2O5/c1-12(2)20(23(29)30-11-17(26)24-16-7-5-4-6-13(16)3)25-21(27)18-14-8-9-15(10-14)19(18)22(25)28/h4-7,12,14-15,18-20H,8-11H2,1-3H3,(H,24,26)/t14-,15-,18-,19+,20+/m0/s1. The van der Waals surface area contributed by atoms with Gasteiger partial charge in [0.15, 0.2) is 6.61 Å². The smallest absolute Gasteiger partial charge is 0.330 e. The topological polar surface area (TPSA) is 92.8 Å². The Bertz CT molecular complexity index is 867. The van der Waals surface area contributed by atoms with Crippen LogP contribution in [0.4, 0.5) is 5.69 Å². The van der Waals surface area contributed by atoms with Crippen LogP contribution in [-0.4, -0.2) is 41.2 Å². The van der Waals surface area contributed by atoms with Gasteiger partial charge < -0.3 is 10.1 Å². The van der Waals surface area contributed by atoms with E-state index in [1.54, 1.807) is 26.0 Å². The predicted molar refractivity (Wildman–Crippen MR) is 109 cm³/mol. The van der Waals surface area contributed by atoms with E-state index in [0.29, 0.717) is 5.69 Å². The molecule has 0 spiro atoms. The number of para-hydroxylation sites is 1. The van der Waals surface area contributed by atoms with Gasteiger partial charge in [-0.2, -0.15) is 0 Å². The second-order valence-corrected chi connectivity index (χ2v) is 9.09. The molecule has 30 heavy (non-hydrogen) atoms. The quantitative estimate of drug-likeness (QED) is 0.573. The van der Waals surface area contributed by atoms with E-state index in [0.717, 1.165) is 29.7 Å². The van der Waals surface area contributed by atoms with Crippen molar-refractivity contribution in [1.29, 1.82) is 0 Å². The molecule has 2 bridgehead atoms. The summed E-state index contributed by atoms with van der Waals surface area (Å²) in [5, 5.41) is 2.71. The van der Waals surface area contributed by atoms with Crippen LogP contribution in [0.15, 0.2) is 24.3 Å². The number of carbonyl (C=O) groups is 4. The van der Waals surface area contributed by atoms with Crippen molar-refractivity contribution in [2.24, 2.45) is 29.6 Å². The Balaban J connectivity index is 1.42. The summed E-state index contributed by atoms with van der Waals surface area (Å²) < 4.78 is 5.24. The van der Waals surface area contributed by atoms with Gasteiger partial charge in [0.05, 0.1) is 11.8 Å². The van der Waals surface area contributed by atoms with Crippen LogP contribution in [0.25, 0.3) is 0 Å². The summed E-state index contributed by atoms with van der Waals surface area (Å²) in [7, 11) is 0. The molecule has 1 heterocycles. The van der Waals surface area contributed by atoms with Crippen LogP contribution in [0.2, 0.25) is 0 Å². The van der Waals surface area contributed by atoms with Gasteiger partial charge in [0.25, 0.3) is 5.91 Å². The second-order valence-electron chi connectivity index (χ2n) is 9.09. The molecule has 7 heteroatoms. The van der Waals surface area contributed by atoms with Crippen LogP contribution in [0.1, 0.15) is 38.7 Å². The number of benzene rings is 1. The number of aryl methyl sites for hydroxylation is 1. The zero-order valence-electron chi connectivity index (χ0n) is 17.6. The number of imide groups is 1. The Morgan fingerprint density at radius 1 is 1.10 bits per heavy atom. The highest BCUT2D eigenvalue weighted by Gasteiger charge is 2.62. The van der Waals surface area contributed by atoms with Gasteiger partial charge in [0.2, 0.25) is 11.8 Å². The molecule has 1 aromatic rings. The molecule has 5 atom stereocenters. The third-order valence-corrected chi connectivity index (χ3v) is 6.88. The number of likely N-dealkylation sites (tertiary alicyclic amines) is 1. The molecule has 1 aromatic carbocycles. The minimum Gasteiger partial charge on any atom is -0.454 e. The van der Waals surface area contributed by atoms with Gasteiger partial charge in [-0.3, -0.25) is 19.3 Å².